The van der Waals surface area contributed by atoms with Crippen LogP contribution in [0.2, 0.25) is 0 Å². The van der Waals surface area contributed by atoms with Crippen LogP contribution in [0.4, 0.5) is 0 Å². The van der Waals surface area contributed by atoms with Gasteiger partial charge in [0.15, 0.2) is 11.5 Å². The van der Waals surface area contributed by atoms with E-state index in [2.05, 4.69) is 48.6 Å². The van der Waals surface area contributed by atoms with Crippen LogP contribution in [0.25, 0.3) is 23.3 Å². The number of methoxy groups -OCH3 is 3. The lowest BCUT2D eigenvalue weighted by Gasteiger charge is -2.15. The molecule has 0 radical (unpaired) electrons. The summed E-state index contributed by atoms with van der Waals surface area (Å²) in [5.74, 6) is 3.79. The summed E-state index contributed by atoms with van der Waals surface area (Å²) in [5, 5.41) is 0. The van der Waals surface area contributed by atoms with Gasteiger partial charge in [-0.15, -0.1) is 0 Å². The van der Waals surface area contributed by atoms with E-state index in [4.69, 9.17) is 18.9 Å². The number of hydrogen-bond acceptors (Lipinski definition) is 4. The molecule has 3 heterocycles. The van der Waals surface area contributed by atoms with E-state index < -0.39 is 0 Å². The summed E-state index contributed by atoms with van der Waals surface area (Å²) in [4.78, 5) is 0. The molecular weight excluding hydrogens is 436 g/mol. The molecule has 0 fully saturated rings. The van der Waals surface area contributed by atoms with E-state index in [9.17, 15) is 0 Å². The molecular formula is C31H28O4. The van der Waals surface area contributed by atoms with Crippen molar-refractivity contribution >= 4 is 12.2 Å². The fourth-order valence-electron chi connectivity index (χ4n) is 4.37. The summed E-state index contributed by atoms with van der Waals surface area (Å²) < 4.78 is 23.1. The van der Waals surface area contributed by atoms with Gasteiger partial charge in [-0.25, -0.2) is 0 Å². The standard InChI is InChI=1S/C31H28O4/c1-32-26-14-16-27-24(20-26)11-6-23-10-17-29(33-2)31(19-23)35-25-12-7-21(8-13-25)4-5-22-9-15-28(27)30(18-22)34-3/h6-20H,4-5H2,1-3H3/b11-6+. The van der Waals surface area contributed by atoms with Gasteiger partial charge in [-0.1, -0.05) is 42.5 Å². The zero-order valence-electron chi connectivity index (χ0n) is 20.2. The third-order valence-corrected chi connectivity index (χ3v) is 6.31. The van der Waals surface area contributed by atoms with Gasteiger partial charge >= 0.3 is 0 Å². The van der Waals surface area contributed by atoms with Crippen molar-refractivity contribution in [2.75, 3.05) is 21.3 Å². The SMILES string of the molecule is COc1ccc2c(c1)/C=C/c1ccc(OC)c(c1)Oc1ccc(cc1)CCc1ccc-2c(OC)c1. The number of benzene rings is 4. The highest BCUT2D eigenvalue weighted by molar-refractivity contribution is 5.84. The van der Waals surface area contributed by atoms with Crippen molar-refractivity contribution in [3.05, 3.63) is 101 Å². The summed E-state index contributed by atoms with van der Waals surface area (Å²) >= 11 is 0. The lowest BCUT2D eigenvalue weighted by molar-refractivity contribution is 0.379. The zero-order chi connectivity index (χ0) is 24.2. The van der Waals surface area contributed by atoms with Crippen LogP contribution in [-0.2, 0) is 12.8 Å². The van der Waals surface area contributed by atoms with Crippen molar-refractivity contribution in [2.45, 2.75) is 12.8 Å². The first-order valence-electron chi connectivity index (χ1n) is 11.6. The summed E-state index contributed by atoms with van der Waals surface area (Å²) in [6.07, 6.45) is 6.01. The van der Waals surface area contributed by atoms with E-state index in [0.717, 1.165) is 52.3 Å². The van der Waals surface area contributed by atoms with Gasteiger partial charge in [0, 0.05) is 5.56 Å². The van der Waals surface area contributed by atoms with Crippen LogP contribution in [0.15, 0.2) is 78.9 Å². The van der Waals surface area contributed by atoms with Crippen molar-refractivity contribution in [3.63, 3.8) is 0 Å². The number of aryl methyl sites for hydroxylation is 2. The Balaban J connectivity index is 1.68. The Labute approximate surface area is 206 Å². The molecule has 0 aromatic heterocycles. The van der Waals surface area contributed by atoms with Crippen molar-refractivity contribution in [1.82, 2.24) is 0 Å². The van der Waals surface area contributed by atoms with Crippen LogP contribution in [0.5, 0.6) is 28.7 Å². The van der Waals surface area contributed by atoms with Crippen molar-refractivity contribution in [2.24, 2.45) is 0 Å². The molecule has 0 atom stereocenters. The summed E-state index contributed by atoms with van der Waals surface area (Å²) in [7, 11) is 5.06. The maximum Gasteiger partial charge on any atom is 0.169 e. The molecule has 0 saturated carbocycles. The molecule has 0 spiro atoms. The van der Waals surface area contributed by atoms with Crippen molar-refractivity contribution < 1.29 is 18.9 Å². The van der Waals surface area contributed by atoms with Crippen LogP contribution in [0.1, 0.15) is 22.3 Å². The van der Waals surface area contributed by atoms with Gasteiger partial charge in [0.1, 0.15) is 17.2 Å². The van der Waals surface area contributed by atoms with Crippen molar-refractivity contribution in [1.29, 1.82) is 0 Å². The summed E-state index contributed by atoms with van der Waals surface area (Å²) in [5.41, 5.74) is 6.63. The van der Waals surface area contributed by atoms with Crippen LogP contribution in [-0.4, -0.2) is 21.3 Å². The second kappa shape index (κ2) is 9.98. The molecule has 0 saturated heterocycles. The summed E-state index contributed by atoms with van der Waals surface area (Å²) in [6, 6.07) is 26.8. The number of hydrogen-bond donors (Lipinski definition) is 0. The maximum atomic E-state index is 6.20. The Morgan fingerprint density at radius 2 is 1.34 bits per heavy atom. The molecule has 4 nitrogen and oxygen atoms in total. The number of ether oxygens (including phenoxy) is 4. The highest BCUT2D eigenvalue weighted by Crippen LogP contribution is 2.37. The van der Waals surface area contributed by atoms with Gasteiger partial charge in [-0.2, -0.15) is 0 Å². The maximum absolute atomic E-state index is 6.20. The van der Waals surface area contributed by atoms with Gasteiger partial charge in [0.25, 0.3) is 0 Å². The molecule has 176 valence electrons. The van der Waals surface area contributed by atoms with Crippen molar-refractivity contribution in [3.8, 4) is 39.9 Å². The monoisotopic (exact) mass is 464 g/mol. The minimum atomic E-state index is 0.672. The molecule has 4 aromatic carbocycles. The Hall–Kier alpha value is -4.18. The lowest BCUT2D eigenvalue weighted by atomic mass is 9.95. The third kappa shape index (κ3) is 4.87. The molecule has 4 aromatic rings. The van der Waals surface area contributed by atoms with Gasteiger partial charge in [0.2, 0.25) is 0 Å². The first-order chi connectivity index (χ1) is 17.2. The lowest BCUT2D eigenvalue weighted by Crippen LogP contribution is -1.96. The van der Waals surface area contributed by atoms with E-state index in [1.807, 2.05) is 42.5 Å². The molecule has 3 aliphatic rings. The van der Waals surface area contributed by atoms with Gasteiger partial charge in [-0.3, -0.25) is 0 Å². The molecule has 0 aliphatic carbocycles. The van der Waals surface area contributed by atoms with Crippen LogP contribution >= 0.6 is 0 Å². The molecule has 3 aliphatic heterocycles. The quantitative estimate of drug-likeness (QED) is 0.316. The predicted octanol–water partition coefficient (Wildman–Crippen LogP) is 7.44. The molecule has 4 heteroatoms. The average Bonchev–Trinajstić information content (AvgIpc) is 2.91. The van der Waals surface area contributed by atoms with E-state index in [-0.39, 0.29) is 0 Å². The molecule has 0 amide bonds. The van der Waals surface area contributed by atoms with Gasteiger partial charge in [-0.05, 0) is 89.2 Å². The first-order valence-corrected chi connectivity index (χ1v) is 11.6. The highest BCUT2D eigenvalue weighted by Gasteiger charge is 2.13. The number of rotatable bonds is 3. The van der Waals surface area contributed by atoms with Crippen LogP contribution in [0, 0.1) is 0 Å². The highest BCUT2D eigenvalue weighted by atomic mass is 16.5. The van der Waals surface area contributed by atoms with E-state index in [1.165, 1.54) is 11.1 Å². The zero-order valence-corrected chi connectivity index (χ0v) is 20.2. The molecule has 0 unspecified atom stereocenters. The fraction of sp³-hybridized carbons (Fsp3) is 0.161. The smallest absolute Gasteiger partial charge is 0.169 e. The number of fused-ring (bicyclic) bond motifs is 2. The van der Waals surface area contributed by atoms with Crippen LogP contribution in [0.3, 0.4) is 0 Å². The van der Waals surface area contributed by atoms with E-state index >= 15 is 0 Å². The van der Waals surface area contributed by atoms with E-state index in [1.54, 1.807) is 21.3 Å². The van der Waals surface area contributed by atoms with Crippen LogP contribution < -0.4 is 18.9 Å². The van der Waals surface area contributed by atoms with Gasteiger partial charge in [0.05, 0.1) is 21.3 Å². The second-order valence-electron chi connectivity index (χ2n) is 8.48. The average molecular weight is 465 g/mol. The Morgan fingerprint density at radius 1 is 0.600 bits per heavy atom. The first kappa shape index (κ1) is 22.6. The van der Waals surface area contributed by atoms with Gasteiger partial charge < -0.3 is 18.9 Å². The topological polar surface area (TPSA) is 36.9 Å². The molecule has 6 bridgehead atoms. The normalized spacial score (nSPS) is 13.2. The minimum absolute atomic E-state index is 0.672. The van der Waals surface area contributed by atoms with E-state index in [0.29, 0.717) is 11.5 Å². The second-order valence-corrected chi connectivity index (χ2v) is 8.48. The minimum Gasteiger partial charge on any atom is -0.497 e. The Morgan fingerprint density at radius 3 is 2.11 bits per heavy atom. The largest absolute Gasteiger partial charge is 0.497 e. The predicted molar refractivity (Wildman–Crippen MR) is 141 cm³/mol. The third-order valence-electron chi connectivity index (χ3n) is 6.31. The summed E-state index contributed by atoms with van der Waals surface area (Å²) in [6.45, 7) is 0. The Bertz CT molecular complexity index is 1370. The fourth-order valence-corrected chi connectivity index (χ4v) is 4.37. The molecule has 0 N–H and O–H groups in total. The Kier molecular flexibility index (Phi) is 6.44. The molecule has 7 rings (SSSR count). The molecule has 35 heavy (non-hydrogen) atoms.